The molecule has 0 fully saturated rings. The van der Waals surface area contributed by atoms with E-state index in [2.05, 4.69) is 46.8 Å². The Morgan fingerprint density at radius 2 is 1.97 bits per heavy atom. The van der Waals surface area contributed by atoms with Crippen molar-refractivity contribution in [1.29, 1.82) is 0 Å². The molecule has 166 valence electrons. The maximum Gasteiger partial charge on any atom is 0.338 e. The standard InChI is InChI=1S/C24H27N5O3/c1-4-5-13-31-23(30)21-17(3)25-24-26-27-28-29(24)22(21)19-9-11-20(12-10-19)32-15-18-8-6-7-16(2)14-18/h6-12,14,22H,4-5,13,15H2,1-3H3,(H,25,26,28). The van der Waals surface area contributed by atoms with Crippen LogP contribution < -0.4 is 10.1 Å². The van der Waals surface area contributed by atoms with E-state index in [0.29, 0.717) is 30.4 Å². The molecule has 1 unspecified atom stereocenters. The molecule has 1 aliphatic rings. The van der Waals surface area contributed by atoms with Crippen molar-refractivity contribution in [3.8, 4) is 5.75 Å². The van der Waals surface area contributed by atoms with Crippen molar-refractivity contribution in [3.05, 3.63) is 76.5 Å². The molecule has 0 spiro atoms. The number of rotatable bonds is 8. The molecule has 2 aromatic carbocycles. The molecule has 0 radical (unpaired) electrons. The highest BCUT2D eigenvalue weighted by molar-refractivity contribution is 5.92. The highest BCUT2D eigenvalue weighted by Gasteiger charge is 2.34. The lowest BCUT2D eigenvalue weighted by atomic mass is 9.96. The Morgan fingerprint density at radius 1 is 1.16 bits per heavy atom. The lowest BCUT2D eigenvalue weighted by Gasteiger charge is -2.27. The third-order valence-electron chi connectivity index (χ3n) is 5.35. The smallest absolute Gasteiger partial charge is 0.338 e. The number of aryl methyl sites for hydroxylation is 1. The third kappa shape index (κ3) is 4.64. The van der Waals surface area contributed by atoms with E-state index in [1.807, 2.05) is 43.3 Å². The van der Waals surface area contributed by atoms with Gasteiger partial charge in [-0.05, 0) is 54.0 Å². The van der Waals surface area contributed by atoms with Gasteiger partial charge in [-0.15, -0.1) is 0 Å². The second-order valence-electron chi connectivity index (χ2n) is 7.85. The summed E-state index contributed by atoms with van der Waals surface area (Å²) in [6.07, 6.45) is 1.77. The number of esters is 1. The number of tetrazole rings is 1. The van der Waals surface area contributed by atoms with Gasteiger partial charge in [0.15, 0.2) is 0 Å². The summed E-state index contributed by atoms with van der Waals surface area (Å²) in [5.74, 6) is 0.862. The Morgan fingerprint density at radius 3 is 2.72 bits per heavy atom. The molecule has 4 rings (SSSR count). The summed E-state index contributed by atoms with van der Waals surface area (Å²) in [4.78, 5) is 12.9. The lowest BCUT2D eigenvalue weighted by molar-refractivity contribution is -0.139. The summed E-state index contributed by atoms with van der Waals surface area (Å²) in [5, 5.41) is 15.0. The molecule has 3 aromatic rings. The topological polar surface area (TPSA) is 91.2 Å². The first-order valence-electron chi connectivity index (χ1n) is 10.8. The monoisotopic (exact) mass is 433 g/mol. The number of benzene rings is 2. The summed E-state index contributed by atoms with van der Waals surface area (Å²) >= 11 is 0. The van der Waals surface area contributed by atoms with Crippen LogP contribution >= 0.6 is 0 Å². The number of unbranched alkanes of at least 4 members (excludes halogenated alkanes) is 1. The quantitative estimate of drug-likeness (QED) is 0.421. The second-order valence-corrected chi connectivity index (χ2v) is 7.85. The SMILES string of the molecule is CCCCOC(=O)C1=C(C)Nc2nnnn2C1c1ccc(OCc2cccc(C)c2)cc1. The van der Waals surface area contributed by atoms with Crippen LogP contribution in [0.4, 0.5) is 5.95 Å². The first-order chi connectivity index (χ1) is 15.6. The van der Waals surface area contributed by atoms with E-state index in [-0.39, 0.29) is 5.97 Å². The van der Waals surface area contributed by atoms with Crippen LogP contribution in [0.5, 0.6) is 5.75 Å². The van der Waals surface area contributed by atoms with Crippen molar-refractivity contribution in [2.45, 2.75) is 46.3 Å². The molecule has 0 amide bonds. The largest absolute Gasteiger partial charge is 0.489 e. The fraction of sp³-hybridized carbons (Fsp3) is 0.333. The van der Waals surface area contributed by atoms with Crippen LogP contribution in [0.15, 0.2) is 59.8 Å². The average molecular weight is 434 g/mol. The summed E-state index contributed by atoms with van der Waals surface area (Å²) in [6, 6.07) is 15.4. The molecule has 32 heavy (non-hydrogen) atoms. The van der Waals surface area contributed by atoms with E-state index < -0.39 is 6.04 Å². The maximum atomic E-state index is 12.9. The van der Waals surface area contributed by atoms with Gasteiger partial charge in [0.25, 0.3) is 0 Å². The van der Waals surface area contributed by atoms with Crippen molar-refractivity contribution in [3.63, 3.8) is 0 Å². The Hall–Kier alpha value is -3.68. The maximum absolute atomic E-state index is 12.9. The zero-order chi connectivity index (χ0) is 22.5. The van der Waals surface area contributed by atoms with E-state index in [1.54, 1.807) is 4.68 Å². The number of aromatic nitrogens is 4. The van der Waals surface area contributed by atoms with E-state index in [0.717, 1.165) is 29.7 Å². The molecular weight excluding hydrogens is 406 g/mol. The molecule has 1 aliphatic heterocycles. The number of carbonyl (C=O) groups is 1. The van der Waals surface area contributed by atoms with Gasteiger partial charge in [0.1, 0.15) is 18.4 Å². The highest BCUT2D eigenvalue weighted by atomic mass is 16.5. The number of ether oxygens (including phenoxy) is 2. The molecule has 0 saturated carbocycles. The van der Waals surface area contributed by atoms with Crippen molar-refractivity contribution in [2.24, 2.45) is 0 Å². The molecule has 1 aromatic heterocycles. The minimum absolute atomic E-state index is 0.366. The summed E-state index contributed by atoms with van der Waals surface area (Å²) in [7, 11) is 0. The lowest BCUT2D eigenvalue weighted by Crippen LogP contribution is -2.29. The van der Waals surface area contributed by atoms with Gasteiger partial charge >= 0.3 is 5.97 Å². The van der Waals surface area contributed by atoms with Gasteiger partial charge in [-0.25, -0.2) is 4.79 Å². The van der Waals surface area contributed by atoms with Crippen LogP contribution in [0, 0.1) is 6.92 Å². The number of hydrogen-bond acceptors (Lipinski definition) is 7. The molecule has 0 bridgehead atoms. The van der Waals surface area contributed by atoms with E-state index >= 15 is 0 Å². The highest BCUT2D eigenvalue weighted by Crippen LogP contribution is 2.35. The summed E-state index contributed by atoms with van der Waals surface area (Å²) in [5.41, 5.74) is 4.35. The van der Waals surface area contributed by atoms with Crippen molar-refractivity contribution in [1.82, 2.24) is 20.2 Å². The zero-order valence-electron chi connectivity index (χ0n) is 18.5. The second kappa shape index (κ2) is 9.64. The van der Waals surface area contributed by atoms with Gasteiger partial charge in [0.2, 0.25) is 5.95 Å². The van der Waals surface area contributed by atoms with Crippen molar-refractivity contribution >= 4 is 11.9 Å². The number of hydrogen-bond donors (Lipinski definition) is 1. The third-order valence-corrected chi connectivity index (χ3v) is 5.35. The molecule has 2 heterocycles. The molecule has 0 aliphatic carbocycles. The fourth-order valence-electron chi connectivity index (χ4n) is 3.69. The predicted molar refractivity (Wildman–Crippen MR) is 120 cm³/mol. The van der Waals surface area contributed by atoms with Gasteiger partial charge in [-0.3, -0.25) is 0 Å². The number of nitrogens with one attached hydrogen (secondary N) is 1. The van der Waals surface area contributed by atoms with Crippen LogP contribution in [0.3, 0.4) is 0 Å². The minimum atomic E-state index is -0.485. The van der Waals surface area contributed by atoms with E-state index in [4.69, 9.17) is 9.47 Å². The van der Waals surface area contributed by atoms with Crippen molar-refractivity contribution in [2.75, 3.05) is 11.9 Å². The van der Waals surface area contributed by atoms with Gasteiger partial charge < -0.3 is 14.8 Å². The zero-order valence-corrected chi connectivity index (χ0v) is 18.5. The fourth-order valence-corrected chi connectivity index (χ4v) is 3.69. The van der Waals surface area contributed by atoms with Gasteiger partial charge in [-0.1, -0.05) is 60.4 Å². The number of carbonyl (C=O) groups excluding carboxylic acids is 1. The number of fused-ring (bicyclic) bond motifs is 1. The Kier molecular flexibility index (Phi) is 6.49. The predicted octanol–water partition coefficient (Wildman–Crippen LogP) is 4.19. The van der Waals surface area contributed by atoms with Gasteiger partial charge in [0, 0.05) is 5.70 Å². The van der Waals surface area contributed by atoms with E-state index in [1.165, 1.54) is 5.56 Å². The molecule has 0 saturated heterocycles. The summed E-state index contributed by atoms with van der Waals surface area (Å²) in [6.45, 7) is 6.82. The van der Waals surface area contributed by atoms with Crippen LogP contribution in [0.2, 0.25) is 0 Å². The van der Waals surface area contributed by atoms with Crippen LogP contribution in [0.1, 0.15) is 49.4 Å². The normalized spacial score (nSPS) is 15.2. The Bertz CT molecular complexity index is 1120. The van der Waals surface area contributed by atoms with Crippen molar-refractivity contribution < 1.29 is 14.3 Å². The first-order valence-corrected chi connectivity index (χ1v) is 10.8. The number of anilines is 1. The number of nitrogens with zero attached hydrogens (tertiary/aromatic N) is 4. The Balaban J connectivity index is 1.56. The molecule has 8 heteroatoms. The first kappa shape index (κ1) is 21.5. The van der Waals surface area contributed by atoms with Crippen LogP contribution in [-0.2, 0) is 16.1 Å². The molecular formula is C24H27N5O3. The molecule has 8 nitrogen and oxygen atoms in total. The minimum Gasteiger partial charge on any atom is -0.489 e. The number of allylic oxidation sites excluding steroid dienone is 1. The summed E-state index contributed by atoms with van der Waals surface area (Å²) < 4.78 is 13.1. The van der Waals surface area contributed by atoms with Crippen LogP contribution in [0.25, 0.3) is 0 Å². The molecule has 1 atom stereocenters. The van der Waals surface area contributed by atoms with Gasteiger partial charge in [-0.2, -0.15) is 4.68 Å². The van der Waals surface area contributed by atoms with Crippen LogP contribution in [-0.4, -0.2) is 32.8 Å². The average Bonchev–Trinajstić information content (AvgIpc) is 3.25. The molecule has 1 N–H and O–H groups in total. The van der Waals surface area contributed by atoms with E-state index in [9.17, 15) is 4.79 Å². The van der Waals surface area contributed by atoms with Gasteiger partial charge in [0.05, 0.1) is 12.2 Å². The Labute approximate surface area is 187 Å².